The summed E-state index contributed by atoms with van der Waals surface area (Å²) in [5.41, 5.74) is 1.12. The molecule has 382 valence electrons. The summed E-state index contributed by atoms with van der Waals surface area (Å²) in [4.78, 5) is 2.19. The Kier molecular flexibility index (Phi) is 67.7. The molecule has 65 heavy (non-hydrogen) atoms. The molecule has 0 aromatic heterocycles. The third-order valence-electron chi connectivity index (χ3n) is 11.2. The van der Waals surface area contributed by atoms with Gasteiger partial charge in [-0.25, -0.2) is 0 Å². The largest absolute Gasteiger partial charge is 0.508 e. The van der Waals surface area contributed by atoms with E-state index in [2.05, 4.69) is 80.9 Å². The van der Waals surface area contributed by atoms with Crippen molar-refractivity contribution in [3.63, 3.8) is 0 Å². The fourth-order valence-corrected chi connectivity index (χ4v) is 7.00. The summed E-state index contributed by atoms with van der Waals surface area (Å²) in [7, 11) is 3.80. The normalized spacial score (nSPS) is 12.1. The van der Waals surface area contributed by atoms with Gasteiger partial charge in [0.1, 0.15) is 5.75 Å². The summed E-state index contributed by atoms with van der Waals surface area (Å²) in [5.74, 6) is 0.270. The van der Waals surface area contributed by atoms with Crippen molar-refractivity contribution >= 4 is 0 Å². The molecule has 3 N–H and O–H groups in total. The predicted octanol–water partition coefficient (Wildman–Crippen LogP) is 18.0. The molecule has 2 atom stereocenters. The number of ether oxygens (including phenoxy) is 1. The van der Waals surface area contributed by atoms with Crippen molar-refractivity contribution < 1.29 is 20.1 Å². The number of likely N-dealkylation sites (N-methyl/N-ethyl adjacent to an activating group) is 1. The molecule has 0 aliphatic carbocycles. The molecule has 5 nitrogen and oxygen atoms in total. The highest BCUT2D eigenvalue weighted by Crippen LogP contribution is 2.15. The molecule has 1 rings (SSSR count). The predicted molar refractivity (Wildman–Crippen MR) is 294 cm³/mol. The number of aliphatic hydroxyl groups excluding tert-OH is 2. The molecule has 0 heterocycles. The van der Waals surface area contributed by atoms with Gasteiger partial charge in [0.05, 0.1) is 12.7 Å². The SMILES string of the molecule is C=CC(CCCCCCC/C=C\C/C=C\CCCCC)OC.CC.CC.CCCCC/C=C\C/C=C\CCCCCCCCC.CN(CCCCCCO)C(CO)Cc1ccc(O)cc1. The summed E-state index contributed by atoms with van der Waals surface area (Å²) in [6.45, 7) is 19.9. The number of aliphatic hydroxyl groups is 2. The molecule has 5 heteroatoms. The fraction of sp³-hybridized carbons (Fsp3) is 0.733. The second kappa shape index (κ2) is 63.6. The van der Waals surface area contributed by atoms with Gasteiger partial charge in [-0.05, 0) is 121 Å². The molecular weight excluding hydrogens is 799 g/mol. The first-order valence-corrected chi connectivity index (χ1v) is 27.4. The van der Waals surface area contributed by atoms with Crippen LogP contribution in [0.25, 0.3) is 0 Å². The van der Waals surface area contributed by atoms with Gasteiger partial charge in [0.2, 0.25) is 0 Å². The second-order valence-electron chi connectivity index (χ2n) is 16.9. The Morgan fingerprint density at radius 1 is 0.538 bits per heavy atom. The van der Waals surface area contributed by atoms with Crippen LogP contribution in [0, 0.1) is 0 Å². The molecule has 1 aromatic carbocycles. The van der Waals surface area contributed by atoms with E-state index in [0.29, 0.717) is 0 Å². The van der Waals surface area contributed by atoms with Crippen LogP contribution >= 0.6 is 0 Å². The number of hydrogen-bond donors (Lipinski definition) is 3. The first-order chi connectivity index (χ1) is 31.9. The summed E-state index contributed by atoms with van der Waals surface area (Å²) < 4.78 is 5.29. The first kappa shape index (κ1) is 69.1. The smallest absolute Gasteiger partial charge is 0.115 e. The lowest BCUT2D eigenvalue weighted by atomic mass is 10.0. The highest BCUT2D eigenvalue weighted by atomic mass is 16.5. The number of rotatable bonds is 40. The number of hydrogen-bond acceptors (Lipinski definition) is 5. The molecule has 0 bridgehead atoms. The monoisotopic (exact) mass is 912 g/mol. The Morgan fingerprint density at radius 2 is 0.923 bits per heavy atom. The highest BCUT2D eigenvalue weighted by molar-refractivity contribution is 5.26. The molecule has 0 radical (unpaired) electrons. The van der Waals surface area contributed by atoms with E-state index >= 15 is 0 Å². The molecule has 1 aromatic rings. The Balaban J connectivity index is -0.000000414. The molecule has 0 saturated heterocycles. The molecule has 0 fully saturated rings. The van der Waals surface area contributed by atoms with Crippen molar-refractivity contribution in [3.05, 3.63) is 91.1 Å². The minimum Gasteiger partial charge on any atom is -0.508 e. The summed E-state index contributed by atoms with van der Waals surface area (Å²) >= 11 is 0. The van der Waals surface area contributed by atoms with Crippen molar-refractivity contribution in [3.8, 4) is 5.75 Å². The Labute approximate surface area is 407 Å². The van der Waals surface area contributed by atoms with Gasteiger partial charge in [-0.15, -0.1) is 6.58 Å². The molecule has 0 amide bonds. The number of methoxy groups -OCH3 is 1. The Bertz CT molecular complexity index is 1110. The minimum atomic E-state index is 0.109. The lowest BCUT2D eigenvalue weighted by Gasteiger charge is -2.26. The number of benzene rings is 1. The maximum Gasteiger partial charge on any atom is 0.115 e. The van der Waals surface area contributed by atoms with E-state index in [4.69, 9.17) is 9.84 Å². The number of phenolic OH excluding ortho intramolecular Hbond substituents is 1. The van der Waals surface area contributed by atoms with Crippen LogP contribution in [0.1, 0.15) is 240 Å². The Hall–Kier alpha value is -2.44. The van der Waals surface area contributed by atoms with Gasteiger partial charge in [0, 0.05) is 19.8 Å². The number of phenols is 1. The van der Waals surface area contributed by atoms with Gasteiger partial charge >= 0.3 is 0 Å². The van der Waals surface area contributed by atoms with Crippen LogP contribution in [0.15, 0.2) is 85.5 Å². The van der Waals surface area contributed by atoms with Gasteiger partial charge in [0.25, 0.3) is 0 Å². The summed E-state index contributed by atoms with van der Waals surface area (Å²) in [6, 6.07) is 7.26. The maximum atomic E-state index is 9.53. The van der Waals surface area contributed by atoms with E-state index in [-0.39, 0.29) is 31.1 Å². The molecule has 0 saturated carbocycles. The van der Waals surface area contributed by atoms with Crippen molar-refractivity contribution in [1.29, 1.82) is 0 Å². The minimum absolute atomic E-state index is 0.109. The standard InChI is InChI=1S/C21H38O.C19H36.C16H27NO3.2C2H6/c1-4-6-7-8-9-10-11-12-13-14-15-16-17-18-19-20-21(5-2)22-3;1-3-5-7-9-11-13-15-17-19-18-16-14-12-10-8-6-4-2;1-17(10-4-2-3-5-11-18)15(13-19)12-14-6-8-16(20)9-7-14;2*1-2/h5,9-10,12-13,21H,2,4,6-8,11,14-20H2,1,3H3;11,13,17,19H,3-10,12,14-16,18H2,1-2H3;6-9,15,18-20H,2-5,10-13H2,1H3;2*1-2H3/b10-9-,13-12-;13-11-,19-17-;;;. The molecule has 0 aliphatic rings. The van der Waals surface area contributed by atoms with Gasteiger partial charge in [-0.1, -0.05) is 218 Å². The van der Waals surface area contributed by atoms with E-state index in [1.165, 1.54) is 141 Å². The summed E-state index contributed by atoms with van der Waals surface area (Å²) in [5, 5.41) is 27.5. The first-order valence-electron chi connectivity index (χ1n) is 27.4. The lowest BCUT2D eigenvalue weighted by Crippen LogP contribution is -2.37. The van der Waals surface area contributed by atoms with Crippen LogP contribution in [0.3, 0.4) is 0 Å². The third-order valence-corrected chi connectivity index (χ3v) is 11.2. The number of aromatic hydroxyl groups is 1. The van der Waals surface area contributed by atoms with Crippen LogP contribution in [-0.4, -0.2) is 66.3 Å². The summed E-state index contributed by atoms with van der Waals surface area (Å²) in [6.07, 6.45) is 58.6. The third kappa shape index (κ3) is 57.6. The van der Waals surface area contributed by atoms with Gasteiger partial charge in [0.15, 0.2) is 0 Å². The second-order valence-corrected chi connectivity index (χ2v) is 16.9. The van der Waals surface area contributed by atoms with Crippen molar-refractivity contribution in [2.45, 2.75) is 253 Å². The molecule has 2 unspecified atom stereocenters. The zero-order chi connectivity index (χ0) is 49.1. The van der Waals surface area contributed by atoms with E-state index in [1.807, 2.05) is 53.0 Å². The van der Waals surface area contributed by atoms with Gasteiger partial charge in [-0.2, -0.15) is 0 Å². The average Bonchev–Trinajstić information content (AvgIpc) is 3.34. The maximum absolute atomic E-state index is 9.53. The van der Waals surface area contributed by atoms with Crippen molar-refractivity contribution in [1.82, 2.24) is 4.90 Å². The molecular formula is C60H113NO4. The van der Waals surface area contributed by atoms with Crippen molar-refractivity contribution in [2.24, 2.45) is 0 Å². The molecule has 0 aliphatic heterocycles. The van der Waals surface area contributed by atoms with Crippen LogP contribution in [-0.2, 0) is 11.2 Å². The van der Waals surface area contributed by atoms with E-state index in [9.17, 15) is 10.2 Å². The van der Waals surface area contributed by atoms with Crippen LogP contribution in [0.2, 0.25) is 0 Å². The Morgan fingerprint density at radius 3 is 1.34 bits per heavy atom. The van der Waals surface area contributed by atoms with E-state index < -0.39 is 0 Å². The zero-order valence-corrected chi connectivity index (χ0v) is 44.9. The van der Waals surface area contributed by atoms with Crippen LogP contribution in [0.4, 0.5) is 0 Å². The quantitative estimate of drug-likeness (QED) is 0.0452. The topological polar surface area (TPSA) is 73.2 Å². The van der Waals surface area contributed by atoms with E-state index in [0.717, 1.165) is 63.5 Å². The average molecular weight is 913 g/mol. The number of allylic oxidation sites excluding steroid dienone is 8. The zero-order valence-electron chi connectivity index (χ0n) is 44.9. The lowest BCUT2D eigenvalue weighted by molar-refractivity contribution is 0.131. The molecule has 0 spiro atoms. The van der Waals surface area contributed by atoms with Crippen LogP contribution in [0.5, 0.6) is 5.75 Å². The number of nitrogens with zero attached hydrogens (tertiary/aromatic N) is 1. The van der Waals surface area contributed by atoms with Crippen molar-refractivity contribution in [2.75, 3.05) is 33.9 Å². The van der Waals surface area contributed by atoms with Gasteiger partial charge < -0.3 is 25.0 Å². The number of unbranched alkanes of at least 4 members (excludes halogenated alkanes) is 21. The van der Waals surface area contributed by atoms with Crippen LogP contribution < -0.4 is 0 Å². The van der Waals surface area contributed by atoms with Gasteiger partial charge in [-0.3, -0.25) is 0 Å². The fourth-order valence-electron chi connectivity index (χ4n) is 7.00. The van der Waals surface area contributed by atoms with E-state index in [1.54, 1.807) is 19.2 Å². The highest BCUT2D eigenvalue weighted by Gasteiger charge is 2.14.